The van der Waals surface area contributed by atoms with E-state index in [2.05, 4.69) is 0 Å². The second kappa shape index (κ2) is 4.67. The predicted molar refractivity (Wildman–Crippen MR) is 68.1 cm³/mol. The monoisotopic (exact) mass is 210 g/mol. The second-order valence-corrected chi connectivity index (χ2v) is 3.80. The molecule has 0 atom stereocenters. The summed E-state index contributed by atoms with van der Waals surface area (Å²) in [5.74, 6) is 0.293. The van der Waals surface area contributed by atoms with Gasteiger partial charge in [0.05, 0.1) is 0 Å². The number of hydrogen-bond acceptors (Lipinski definition) is 1. The van der Waals surface area contributed by atoms with E-state index < -0.39 is 0 Å². The molecule has 0 saturated heterocycles. The zero-order valence-corrected chi connectivity index (χ0v) is 9.22. The average Bonchev–Trinajstić information content (AvgIpc) is 2.80. The summed E-state index contributed by atoms with van der Waals surface area (Å²) >= 11 is 0. The van der Waals surface area contributed by atoms with Crippen LogP contribution in [0.25, 0.3) is 5.76 Å². The fraction of sp³-hybridized carbons (Fsp3) is 0.0667. The van der Waals surface area contributed by atoms with Gasteiger partial charge in [-0.15, -0.1) is 0 Å². The molecule has 16 heavy (non-hydrogen) atoms. The number of hydrogen-bond donors (Lipinski definition) is 1. The van der Waals surface area contributed by atoms with E-state index in [0.29, 0.717) is 5.76 Å². The maximum absolute atomic E-state index is 9.84. The highest BCUT2D eigenvalue weighted by molar-refractivity contribution is 5.61. The van der Waals surface area contributed by atoms with Crippen LogP contribution in [0.1, 0.15) is 11.1 Å². The van der Waals surface area contributed by atoms with E-state index in [0.717, 1.165) is 11.1 Å². The first kappa shape index (κ1) is 10.5. The van der Waals surface area contributed by atoms with Crippen molar-refractivity contribution >= 4 is 5.76 Å². The van der Waals surface area contributed by atoms with Crippen molar-refractivity contribution in [2.45, 2.75) is 6.92 Å². The molecule has 0 aromatic heterocycles. The molecule has 1 aromatic carbocycles. The van der Waals surface area contributed by atoms with Crippen LogP contribution in [0, 0.1) is 6.92 Å². The molecule has 0 saturated carbocycles. The van der Waals surface area contributed by atoms with Gasteiger partial charge in [-0.3, -0.25) is 0 Å². The van der Waals surface area contributed by atoms with E-state index in [-0.39, 0.29) is 0 Å². The molecule has 80 valence electrons. The Bertz CT molecular complexity index is 471. The molecule has 0 fully saturated rings. The molecular weight excluding hydrogens is 196 g/mol. The van der Waals surface area contributed by atoms with Gasteiger partial charge in [0.1, 0.15) is 5.76 Å². The standard InChI is InChI=1S/C15H14O/c1-12-6-9-14(10-7-12)15(16)11-8-13-4-2-3-5-13/h2-11,16H,1H3/b15-11-. The molecule has 0 heterocycles. The van der Waals surface area contributed by atoms with Gasteiger partial charge in [-0.2, -0.15) is 0 Å². The van der Waals surface area contributed by atoms with Gasteiger partial charge in [-0.1, -0.05) is 60.2 Å². The van der Waals surface area contributed by atoms with Crippen molar-refractivity contribution in [3.63, 3.8) is 0 Å². The molecular formula is C15H14O. The zero-order chi connectivity index (χ0) is 11.4. The lowest BCUT2D eigenvalue weighted by Gasteiger charge is -1.99. The Kier molecular flexibility index (Phi) is 3.06. The second-order valence-electron chi connectivity index (χ2n) is 3.80. The molecule has 0 unspecified atom stereocenters. The number of benzene rings is 1. The first-order valence-corrected chi connectivity index (χ1v) is 5.28. The third kappa shape index (κ3) is 2.51. The summed E-state index contributed by atoms with van der Waals surface area (Å²) in [4.78, 5) is 0. The molecule has 0 radical (unpaired) electrons. The topological polar surface area (TPSA) is 20.2 Å². The lowest BCUT2D eigenvalue weighted by Crippen LogP contribution is -1.82. The number of aliphatic hydroxyl groups excluding tert-OH is 1. The van der Waals surface area contributed by atoms with Crippen LogP contribution in [0.2, 0.25) is 0 Å². The summed E-state index contributed by atoms with van der Waals surface area (Å²) in [7, 11) is 0. The van der Waals surface area contributed by atoms with Crippen LogP contribution in [-0.2, 0) is 0 Å². The fourth-order valence-electron chi connectivity index (χ4n) is 1.50. The van der Waals surface area contributed by atoms with Crippen molar-refractivity contribution in [1.82, 2.24) is 0 Å². The highest BCUT2D eigenvalue weighted by Crippen LogP contribution is 2.14. The minimum atomic E-state index is 0.293. The quantitative estimate of drug-likeness (QED) is 0.733. The Hall–Kier alpha value is -2.02. The zero-order valence-electron chi connectivity index (χ0n) is 9.22. The fourth-order valence-corrected chi connectivity index (χ4v) is 1.50. The van der Waals surface area contributed by atoms with E-state index >= 15 is 0 Å². The van der Waals surface area contributed by atoms with E-state index in [1.54, 1.807) is 6.08 Å². The van der Waals surface area contributed by atoms with Crippen LogP contribution < -0.4 is 0 Å². The van der Waals surface area contributed by atoms with E-state index in [4.69, 9.17) is 0 Å². The van der Waals surface area contributed by atoms with Crippen LogP contribution in [-0.4, -0.2) is 5.11 Å². The first-order valence-electron chi connectivity index (χ1n) is 5.28. The van der Waals surface area contributed by atoms with E-state index in [1.165, 1.54) is 5.56 Å². The van der Waals surface area contributed by atoms with Crippen LogP contribution in [0.15, 0.2) is 66.3 Å². The maximum atomic E-state index is 9.84. The molecule has 0 bridgehead atoms. The molecule has 0 aliphatic heterocycles. The molecule has 1 aromatic rings. The summed E-state index contributed by atoms with van der Waals surface area (Å²) in [6, 6.07) is 7.81. The number of aryl methyl sites for hydroxylation is 1. The molecule has 0 spiro atoms. The maximum Gasteiger partial charge on any atom is 0.122 e. The molecule has 1 aliphatic carbocycles. The smallest absolute Gasteiger partial charge is 0.122 e. The van der Waals surface area contributed by atoms with Gasteiger partial charge in [0, 0.05) is 5.56 Å². The summed E-state index contributed by atoms with van der Waals surface area (Å²) in [5, 5.41) is 9.84. The van der Waals surface area contributed by atoms with Gasteiger partial charge in [0.2, 0.25) is 0 Å². The number of rotatable bonds is 2. The van der Waals surface area contributed by atoms with Crippen molar-refractivity contribution in [2.75, 3.05) is 0 Å². The average molecular weight is 210 g/mol. The van der Waals surface area contributed by atoms with Crippen LogP contribution in [0.3, 0.4) is 0 Å². The van der Waals surface area contributed by atoms with Crippen molar-refractivity contribution < 1.29 is 5.11 Å². The SMILES string of the molecule is Cc1ccc(/C(O)=C/C=C2C=CC=C2)cc1. The lowest BCUT2D eigenvalue weighted by molar-refractivity contribution is 0.512. The predicted octanol–water partition coefficient (Wildman–Crippen LogP) is 3.95. The van der Waals surface area contributed by atoms with Gasteiger partial charge < -0.3 is 5.11 Å². The Labute approximate surface area is 95.7 Å². The number of allylic oxidation sites excluding steroid dienone is 7. The molecule has 2 rings (SSSR count). The van der Waals surface area contributed by atoms with Crippen molar-refractivity contribution in [3.8, 4) is 0 Å². The molecule has 1 nitrogen and oxygen atoms in total. The van der Waals surface area contributed by atoms with Crippen LogP contribution >= 0.6 is 0 Å². The van der Waals surface area contributed by atoms with Gasteiger partial charge in [0.15, 0.2) is 0 Å². The lowest BCUT2D eigenvalue weighted by atomic mass is 10.1. The largest absolute Gasteiger partial charge is 0.507 e. The van der Waals surface area contributed by atoms with Gasteiger partial charge in [-0.05, 0) is 18.6 Å². The third-order valence-corrected chi connectivity index (χ3v) is 2.47. The highest BCUT2D eigenvalue weighted by atomic mass is 16.3. The normalized spacial score (nSPS) is 14.6. The highest BCUT2D eigenvalue weighted by Gasteiger charge is 1.97. The summed E-state index contributed by atoms with van der Waals surface area (Å²) in [6.07, 6.45) is 11.6. The van der Waals surface area contributed by atoms with Gasteiger partial charge >= 0.3 is 0 Å². The Balaban J connectivity index is 2.18. The number of aliphatic hydroxyl groups is 1. The minimum absolute atomic E-state index is 0.293. The Morgan fingerprint density at radius 3 is 2.31 bits per heavy atom. The first-order chi connectivity index (χ1) is 7.75. The summed E-state index contributed by atoms with van der Waals surface area (Å²) < 4.78 is 0. The van der Waals surface area contributed by atoms with E-state index in [9.17, 15) is 5.11 Å². The Morgan fingerprint density at radius 2 is 1.69 bits per heavy atom. The van der Waals surface area contributed by atoms with Crippen LogP contribution in [0.5, 0.6) is 0 Å². The molecule has 1 N–H and O–H groups in total. The molecule has 0 amide bonds. The molecule has 1 heteroatoms. The molecule has 1 aliphatic rings. The summed E-state index contributed by atoms with van der Waals surface area (Å²) in [6.45, 7) is 2.03. The van der Waals surface area contributed by atoms with Crippen molar-refractivity contribution in [3.05, 3.63) is 77.4 Å². The van der Waals surface area contributed by atoms with Crippen molar-refractivity contribution in [1.29, 1.82) is 0 Å². The van der Waals surface area contributed by atoms with Crippen LogP contribution in [0.4, 0.5) is 0 Å². The summed E-state index contributed by atoms with van der Waals surface area (Å²) in [5.41, 5.74) is 3.13. The van der Waals surface area contributed by atoms with Gasteiger partial charge in [-0.25, -0.2) is 0 Å². The Morgan fingerprint density at radius 1 is 1.06 bits per heavy atom. The van der Waals surface area contributed by atoms with Crippen molar-refractivity contribution in [2.24, 2.45) is 0 Å². The third-order valence-electron chi connectivity index (χ3n) is 2.47. The van der Waals surface area contributed by atoms with E-state index in [1.807, 2.05) is 61.6 Å². The van der Waals surface area contributed by atoms with Gasteiger partial charge in [0.25, 0.3) is 0 Å². The minimum Gasteiger partial charge on any atom is -0.507 e.